The predicted molar refractivity (Wildman–Crippen MR) is 99.3 cm³/mol. The summed E-state index contributed by atoms with van der Waals surface area (Å²) in [6.45, 7) is 4.67. The summed E-state index contributed by atoms with van der Waals surface area (Å²) in [7, 11) is 0. The van der Waals surface area contributed by atoms with Crippen molar-refractivity contribution >= 4 is 12.1 Å². The fourth-order valence-corrected chi connectivity index (χ4v) is 2.16. The highest BCUT2D eigenvalue weighted by atomic mass is 16.5. The number of hydrazone groups is 1. The van der Waals surface area contributed by atoms with E-state index < -0.39 is 0 Å². The van der Waals surface area contributed by atoms with E-state index in [0.29, 0.717) is 13.2 Å². The highest BCUT2D eigenvalue weighted by Gasteiger charge is 2.01. The highest BCUT2D eigenvalue weighted by molar-refractivity contribution is 5.84. The van der Waals surface area contributed by atoms with Crippen LogP contribution in [0.2, 0.25) is 0 Å². The summed E-state index contributed by atoms with van der Waals surface area (Å²) in [4.78, 5) is 10.8. The van der Waals surface area contributed by atoms with Crippen LogP contribution in [0.3, 0.4) is 0 Å². The normalized spacial score (nSPS) is 10.6. The van der Waals surface area contributed by atoms with Gasteiger partial charge in [-0.2, -0.15) is 5.10 Å². The topological polar surface area (TPSA) is 59.9 Å². The van der Waals surface area contributed by atoms with E-state index >= 15 is 0 Å². The van der Waals surface area contributed by atoms with E-state index in [9.17, 15) is 4.79 Å². The van der Waals surface area contributed by atoms with E-state index in [1.54, 1.807) is 6.21 Å². The van der Waals surface area contributed by atoms with Gasteiger partial charge in [0.2, 0.25) is 5.91 Å². The summed E-state index contributed by atoms with van der Waals surface area (Å²) in [6, 6.07) is 15.7. The van der Waals surface area contributed by atoms with Crippen LogP contribution in [0, 0.1) is 0 Å². The molecule has 2 aromatic rings. The lowest BCUT2D eigenvalue weighted by atomic mass is 10.2. The lowest BCUT2D eigenvalue weighted by Crippen LogP contribution is -2.12. The van der Waals surface area contributed by atoms with E-state index in [2.05, 4.69) is 29.6 Å². The molecule has 2 rings (SSSR count). The fraction of sp³-hybridized carbons (Fsp3) is 0.300. The van der Waals surface area contributed by atoms with E-state index in [-0.39, 0.29) is 5.91 Å². The van der Waals surface area contributed by atoms with Gasteiger partial charge in [0.05, 0.1) is 19.4 Å². The smallest absolute Gasteiger partial charge is 0.236 e. The maximum atomic E-state index is 10.8. The van der Waals surface area contributed by atoms with Crippen molar-refractivity contribution in [2.24, 2.45) is 5.10 Å². The average Bonchev–Trinajstić information content (AvgIpc) is 2.63. The van der Waals surface area contributed by atoms with Crippen molar-refractivity contribution in [1.82, 2.24) is 5.43 Å². The first-order valence-electron chi connectivity index (χ1n) is 8.42. The second-order valence-corrected chi connectivity index (χ2v) is 5.51. The molecule has 0 spiro atoms. The summed E-state index contributed by atoms with van der Waals surface area (Å²) < 4.78 is 11.5. The largest absolute Gasteiger partial charge is 0.493 e. The van der Waals surface area contributed by atoms with Crippen LogP contribution < -0.4 is 14.9 Å². The van der Waals surface area contributed by atoms with Crippen LogP contribution in [0.5, 0.6) is 11.5 Å². The molecule has 0 fully saturated rings. The van der Waals surface area contributed by atoms with Gasteiger partial charge in [0.15, 0.2) is 0 Å². The standard InChI is InChI=1S/C20H24N2O3/c1-3-17-9-11-19(12-10-17)24-13-6-14-25-20-8-5-4-7-18(20)15-21-22-16(2)23/h4-5,7-12,15H,3,6,13-14H2,1-2H3,(H,22,23)/b21-15-. The summed E-state index contributed by atoms with van der Waals surface area (Å²) in [5.74, 6) is 1.39. The quantitative estimate of drug-likeness (QED) is 0.431. The molecule has 0 unspecified atom stereocenters. The Morgan fingerprint density at radius 2 is 1.80 bits per heavy atom. The van der Waals surface area contributed by atoms with E-state index in [4.69, 9.17) is 9.47 Å². The molecule has 0 bridgehead atoms. The first kappa shape index (κ1) is 18.5. The summed E-state index contributed by atoms with van der Waals surface area (Å²) in [5, 5.41) is 3.87. The van der Waals surface area contributed by atoms with Crippen molar-refractivity contribution in [2.75, 3.05) is 13.2 Å². The zero-order chi connectivity index (χ0) is 17.9. The molecule has 5 nitrogen and oxygen atoms in total. The minimum Gasteiger partial charge on any atom is -0.493 e. The third-order valence-corrected chi connectivity index (χ3v) is 3.49. The van der Waals surface area contributed by atoms with Gasteiger partial charge in [-0.3, -0.25) is 4.79 Å². The second kappa shape index (κ2) is 10.1. The summed E-state index contributed by atoms with van der Waals surface area (Å²) in [5.41, 5.74) is 4.49. The van der Waals surface area contributed by atoms with Crippen LogP contribution in [-0.4, -0.2) is 25.3 Å². The van der Waals surface area contributed by atoms with Crippen molar-refractivity contribution in [1.29, 1.82) is 0 Å². The van der Waals surface area contributed by atoms with Crippen molar-refractivity contribution in [3.63, 3.8) is 0 Å². The van der Waals surface area contributed by atoms with Crippen LogP contribution in [0.15, 0.2) is 53.6 Å². The van der Waals surface area contributed by atoms with Gasteiger partial charge in [-0.05, 0) is 36.2 Å². The summed E-state index contributed by atoms with van der Waals surface area (Å²) >= 11 is 0. The van der Waals surface area contributed by atoms with Gasteiger partial charge in [-0.1, -0.05) is 31.2 Å². The number of benzene rings is 2. The minimum absolute atomic E-state index is 0.209. The monoisotopic (exact) mass is 340 g/mol. The Hall–Kier alpha value is -2.82. The summed E-state index contributed by atoms with van der Waals surface area (Å²) in [6.07, 6.45) is 3.37. The maximum absolute atomic E-state index is 10.8. The number of carbonyl (C=O) groups excluding carboxylic acids is 1. The van der Waals surface area contributed by atoms with Crippen molar-refractivity contribution < 1.29 is 14.3 Å². The average molecular weight is 340 g/mol. The molecule has 5 heteroatoms. The number of ether oxygens (including phenoxy) is 2. The number of nitrogens with zero attached hydrogens (tertiary/aromatic N) is 1. The number of aryl methyl sites for hydroxylation is 1. The SMILES string of the molecule is CCc1ccc(OCCCOc2ccccc2/C=N\NC(C)=O)cc1. The van der Waals surface area contributed by atoms with Crippen molar-refractivity contribution in [3.8, 4) is 11.5 Å². The lowest BCUT2D eigenvalue weighted by Gasteiger charge is -2.10. The van der Waals surface area contributed by atoms with Gasteiger partial charge in [0.1, 0.15) is 11.5 Å². The fourth-order valence-electron chi connectivity index (χ4n) is 2.16. The Labute approximate surface area is 148 Å². The molecular formula is C20H24N2O3. The van der Waals surface area contributed by atoms with Crippen LogP contribution in [0.4, 0.5) is 0 Å². The van der Waals surface area contributed by atoms with Crippen LogP contribution in [0.25, 0.3) is 0 Å². The van der Waals surface area contributed by atoms with Gasteiger partial charge >= 0.3 is 0 Å². The van der Waals surface area contributed by atoms with Crippen LogP contribution >= 0.6 is 0 Å². The zero-order valence-electron chi connectivity index (χ0n) is 14.7. The molecule has 1 N–H and O–H groups in total. The third-order valence-electron chi connectivity index (χ3n) is 3.49. The van der Waals surface area contributed by atoms with Crippen LogP contribution in [0.1, 0.15) is 31.4 Å². The molecular weight excluding hydrogens is 316 g/mol. The Morgan fingerprint density at radius 1 is 1.08 bits per heavy atom. The second-order valence-electron chi connectivity index (χ2n) is 5.51. The molecule has 132 valence electrons. The third kappa shape index (κ3) is 6.67. The lowest BCUT2D eigenvalue weighted by molar-refractivity contribution is -0.118. The van der Waals surface area contributed by atoms with Gasteiger partial charge in [-0.25, -0.2) is 5.43 Å². The number of hydrogen-bond acceptors (Lipinski definition) is 4. The van der Waals surface area contributed by atoms with Gasteiger partial charge in [-0.15, -0.1) is 0 Å². The molecule has 0 heterocycles. The maximum Gasteiger partial charge on any atom is 0.236 e. The number of para-hydroxylation sites is 1. The number of hydrogen-bond donors (Lipinski definition) is 1. The molecule has 25 heavy (non-hydrogen) atoms. The molecule has 1 amide bonds. The number of carbonyl (C=O) groups is 1. The van der Waals surface area contributed by atoms with Gasteiger partial charge < -0.3 is 9.47 Å². The number of amides is 1. The molecule has 0 aromatic heterocycles. The van der Waals surface area contributed by atoms with E-state index in [1.165, 1.54) is 12.5 Å². The van der Waals surface area contributed by atoms with Gasteiger partial charge in [0.25, 0.3) is 0 Å². The van der Waals surface area contributed by atoms with E-state index in [0.717, 1.165) is 29.9 Å². The molecule has 0 aliphatic rings. The number of rotatable bonds is 9. The van der Waals surface area contributed by atoms with E-state index in [1.807, 2.05) is 36.4 Å². The molecule has 0 aliphatic carbocycles. The Kier molecular flexibility index (Phi) is 7.50. The Balaban J connectivity index is 1.75. The molecule has 0 radical (unpaired) electrons. The number of nitrogens with one attached hydrogen (secondary N) is 1. The van der Waals surface area contributed by atoms with Crippen molar-refractivity contribution in [3.05, 3.63) is 59.7 Å². The first-order valence-corrected chi connectivity index (χ1v) is 8.42. The Morgan fingerprint density at radius 3 is 2.52 bits per heavy atom. The molecule has 0 aliphatic heterocycles. The predicted octanol–water partition coefficient (Wildman–Crippen LogP) is 3.57. The molecule has 2 aromatic carbocycles. The molecule has 0 atom stereocenters. The first-order chi connectivity index (χ1) is 12.2. The van der Waals surface area contributed by atoms with Gasteiger partial charge in [0, 0.05) is 18.9 Å². The molecule has 0 saturated carbocycles. The highest BCUT2D eigenvalue weighted by Crippen LogP contribution is 2.16. The zero-order valence-corrected chi connectivity index (χ0v) is 14.7. The Bertz CT molecular complexity index is 696. The van der Waals surface area contributed by atoms with Crippen LogP contribution in [-0.2, 0) is 11.2 Å². The minimum atomic E-state index is -0.209. The van der Waals surface area contributed by atoms with Crippen molar-refractivity contribution in [2.45, 2.75) is 26.7 Å². The molecule has 0 saturated heterocycles.